The number of aromatic nitrogens is 1. The van der Waals surface area contributed by atoms with Crippen LogP contribution in [0.2, 0.25) is 0 Å². The van der Waals surface area contributed by atoms with Crippen molar-refractivity contribution in [1.82, 2.24) is 4.98 Å². The Kier molecular flexibility index (Phi) is 3.85. The van der Waals surface area contributed by atoms with E-state index in [2.05, 4.69) is 34.8 Å². The van der Waals surface area contributed by atoms with Gasteiger partial charge in [-0.15, -0.1) is 0 Å². The molecule has 1 rings (SSSR count). The molecule has 0 spiro atoms. The van der Waals surface area contributed by atoms with Crippen LogP contribution in [-0.2, 0) is 6.42 Å². The standard InChI is InChI=1S/C11H14BrNO2/c1-6(2)4-9-10(12)8(11(14)15)5-7(3)13-9/h5-6H,4H2,1-3H3,(H,14,15). The largest absolute Gasteiger partial charge is 0.478 e. The molecule has 0 aliphatic carbocycles. The fourth-order valence-corrected chi connectivity index (χ4v) is 1.93. The Morgan fingerprint density at radius 2 is 2.20 bits per heavy atom. The second kappa shape index (κ2) is 4.75. The van der Waals surface area contributed by atoms with Crippen LogP contribution in [0.3, 0.4) is 0 Å². The number of nitrogens with zero attached hydrogens (tertiary/aromatic N) is 1. The van der Waals surface area contributed by atoms with Gasteiger partial charge in [-0.3, -0.25) is 4.98 Å². The summed E-state index contributed by atoms with van der Waals surface area (Å²) in [6.07, 6.45) is 0.780. The normalized spacial score (nSPS) is 10.7. The summed E-state index contributed by atoms with van der Waals surface area (Å²) in [5, 5.41) is 8.99. The summed E-state index contributed by atoms with van der Waals surface area (Å²) in [6.45, 7) is 5.97. The van der Waals surface area contributed by atoms with E-state index in [1.54, 1.807) is 6.07 Å². The summed E-state index contributed by atoms with van der Waals surface area (Å²) >= 11 is 3.30. The van der Waals surface area contributed by atoms with E-state index in [9.17, 15) is 4.79 Å². The van der Waals surface area contributed by atoms with Crippen molar-refractivity contribution in [3.05, 3.63) is 27.5 Å². The van der Waals surface area contributed by atoms with Crippen LogP contribution in [0.4, 0.5) is 0 Å². The molecule has 0 bridgehead atoms. The molecule has 0 aliphatic rings. The van der Waals surface area contributed by atoms with Gasteiger partial charge in [-0.25, -0.2) is 4.79 Å². The Morgan fingerprint density at radius 1 is 1.60 bits per heavy atom. The highest BCUT2D eigenvalue weighted by Gasteiger charge is 2.14. The average Bonchev–Trinajstić information content (AvgIpc) is 2.09. The Labute approximate surface area is 97.7 Å². The lowest BCUT2D eigenvalue weighted by Gasteiger charge is -2.10. The third-order valence-electron chi connectivity index (χ3n) is 1.99. The van der Waals surface area contributed by atoms with E-state index < -0.39 is 5.97 Å². The van der Waals surface area contributed by atoms with Crippen LogP contribution in [0.5, 0.6) is 0 Å². The van der Waals surface area contributed by atoms with Gasteiger partial charge in [-0.05, 0) is 41.3 Å². The maximum Gasteiger partial charge on any atom is 0.336 e. The second-order valence-electron chi connectivity index (χ2n) is 3.97. The first-order valence-electron chi connectivity index (χ1n) is 4.81. The molecule has 0 aliphatic heterocycles. The highest BCUT2D eigenvalue weighted by molar-refractivity contribution is 9.10. The van der Waals surface area contributed by atoms with E-state index in [4.69, 9.17) is 5.11 Å². The van der Waals surface area contributed by atoms with Gasteiger partial charge in [0.05, 0.1) is 15.7 Å². The molecule has 82 valence electrons. The molecular formula is C11H14BrNO2. The van der Waals surface area contributed by atoms with E-state index in [0.29, 0.717) is 10.4 Å². The molecule has 0 saturated carbocycles. The molecule has 1 aromatic rings. The van der Waals surface area contributed by atoms with E-state index in [1.807, 2.05) is 6.92 Å². The van der Waals surface area contributed by atoms with Crippen LogP contribution in [0.25, 0.3) is 0 Å². The molecule has 0 unspecified atom stereocenters. The van der Waals surface area contributed by atoms with E-state index >= 15 is 0 Å². The first kappa shape index (κ1) is 12.2. The summed E-state index contributed by atoms with van der Waals surface area (Å²) in [6, 6.07) is 1.58. The molecule has 4 heteroatoms. The van der Waals surface area contributed by atoms with Gasteiger partial charge in [0.1, 0.15) is 0 Å². The van der Waals surface area contributed by atoms with Crippen molar-refractivity contribution < 1.29 is 9.90 Å². The zero-order valence-corrected chi connectivity index (χ0v) is 10.6. The smallest absolute Gasteiger partial charge is 0.336 e. The van der Waals surface area contributed by atoms with Crippen molar-refractivity contribution in [2.75, 3.05) is 0 Å². The number of rotatable bonds is 3. The summed E-state index contributed by atoms with van der Waals surface area (Å²) in [7, 11) is 0. The first-order chi connectivity index (χ1) is 6.91. The van der Waals surface area contributed by atoms with Crippen LogP contribution in [0.1, 0.15) is 35.6 Å². The van der Waals surface area contributed by atoms with Gasteiger partial charge < -0.3 is 5.11 Å². The molecule has 15 heavy (non-hydrogen) atoms. The van der Waals surface area contributed by atoms with Crippen molar-refractivity contribution >= 4 is 21.9 Å². The maximum atomic E-state index is 11.0. The zero-order valence-electron chi connectivity index (χ0n) is 9.04. The molecule has 3 nitrogen and oxygen atoms in total. The maximum absolute atomic E-state index is 11.0. The predicted molar refractivity (Wildman–Crippen MR) is 62.2 cm³/mol. The van der Waals surface area contributed by atoms with E-state index in [0.717, 1.165) is 17.8 Å². The Morgan fingerprint density at radius 3 is 2.67 bits per heavy atom. The van der Waals surface area contributed by atoms with Gasteiger partial charge in [0.2, 0.25) is 0 Å². The Hall–Kier alpha value is -0.900. The number of aromatic carboxylic acids is 1. The van der Waals surface area contributed by atoms with Gasteiger partial charge in [-0.2, -0.15) is 0 Å². The van der Waals surface area contributed by atoms with Crippen LogP contribution in [0.15, 0.2) is 10.5 Å². The Balaban J connectivity index is 3.22. The molecule has 0 fully saturated rings. The van der Waals surface area contributed by atoms with Crippen LogP contribution in [0, 0.1) is 12.8 Å². The average molecular weight is 272 g/mol. The topological polar surface area (TPSA) is 50.2 Å². The van der Waals surface area contributed by atoms with Crippen LogP contribution in [-0.4, -0.2) is 16.1 Å². The fourth-order valence-electron chi connectivity index (χ4n) is 1.40. The van der Waals surface area contributed by atoms with Crippen molar-refractivity contribution in [2.45, 2.75) is 27.2 Å². The number of hydrogen-bond acceptors (Lipinski definition) is 2. The highest BCUT2D eigenvalue weighted by atomic mass is 79.9. The number of carboxylic acid groups (broad SMARTS) is 1. The van der Waals surface area contributed by atoms with Crippen molar-refractivity contribution in [1.29, 1.82) is 0 Å². The highest BCUT2D eigenvalue weighted by Crippen LogP contribution is 2.23. The van der Waals surface area contributed by atoms with Gasteiger partial charge >= 0.3 is 5.97 Å². The van der Waals surface area contributed by atoms with Crippen molar-refractivity contribution in [3.8, 4) is 0 Å². The van der Waals surface area contributed by atoms with Gasteiger partial charge in [-0.1, -0.05) is 13.8 Å². The molecule has 1 aromatic heterocycles. The van der Waals surface area contributed by atoms with Crippen molar-refractivity contribution in [3.63, 3.8) is 0 Å². The third kappa shape index (κ3) is 3.02. The molecule has 0 radical (unpaired) electrons. The van der Waals surface area contributed by atoms with Crippen LogP contribution >= 0.6 is 15.9 Å². The molecule has 0 atom stereocenters. The van der Waals surface area contributed by atoms with Crippen molar-refractivity contribution in [2.24, 2.45) is 5.92 Å². The molecule has 1 N–H and O–H groups in total. The van der Waals surface area contributed by atoms with Gasteiger partial charge in [0, 0.05) is 5.69 Å². The molecule has 0 aromatic carbocycles. The van der Waals surface area contributed by atoms with Gasteiger partial charge in [0.25, 0.3) is 0 Å². The summed E-state index contributed by atoms with van der Waals surface area (Å²) < 4.78 is 0.606. The number of carboxylic acids is 1. The minimum atomic E-state index is -0.919. The predicted octanol–water partition coefficient (Wildman–Crippen LogP) is 3.05. The number of halogens is 1. The number of pyridine rings is 1. The van der Waals surface area contributed by atoms with E-state index in [-0.39, 0.29) is 5.56 Å². The quantitative estimate of drug-likeness (QED) is 0.920. The molecule has 0 amide bonds. The lowest BCUT2D eigenvalue weighted by atomic mass is 10.1. The SMILES string of the molecule is Cc1cc(C(=O)O)c(Br)c(CC(C)C)n1. The number of hydrogen-bond donors (Lipinski definition) is 1. The monoisotopic (exact) mass is 271 g/mol. The number of carbonyl (C=O) groups is 1. The fraction of sp³-hybridized carbons (Fsp3) is 0.455. The lowest BCUT2D eigenvalue weighted by molar-refractivity contribution is 0.0695. The third-order valence-corrected chi connectivity index (χ3v) is 2.87. The zero-order chi connectivity index (χ0) is 11.6. The minimum Gasteiger partial charge on any atom is -0.478 e. The first-order valence-corrected chi connectivity index (χ1v) is 5.60. The summed E-state index contributed by atoms with van der Waals surface area (Å²) in [4.78, 5) is 15.3. The van der Waals surface area contributed by atoms with Gasteiger partial charge in [0.15, 0.2) is 0 Å². The summed E-state index contributed by atoms with van der Waals surface area (Å²) in [5.74, 6) is -0.463. The van der Waals surface area contributed by atoms with E-state index in [1.165, 1.54) is 0 Å². The molecule has 1 heterocycles. The van der Waals surface area contributed by atoms with Crippen LogP contribution < -0.4 is 0 Å². The minimum absolute atomic E-state index is 0.290. The second-order valence-corrected chi connectivity index (χ2v) is 4.77. The molecule has 0 saturated heterocycles. The Bertz CT molecular complexity index is 388. The number of aryl methyl sites for hydroxylation is 1. The summed E-state index contributed by atoms with van der Waals surface area (Å²) in [5.41, 5.74) is 1.85. The lowest BCUT2D eigenvalue weighted by Crippen LogP contribution is -2.06. The molecular weight excluding hydrogens is 258 g/mol.